The van der Waals surface area contributed by atoms with Crippen LogP contribution < -0.4 is 5.32 Å². The van der Waals surface area contributed by atoms with Crippen molar-refractivity contribution in [2.24, 2.45) is 0 Å². The zero-order chi connectivity index (χ0) is 51.2. The molecule has 414 valence electrons. The molecule has 0 aromatic heterocycles. The van der Waals surface area contributed by atoms with Gasteiger partial charge in [-0.3, -0.25) is 9.35 Å². The normalized spacial score (nSPS) is 19.7. The fourth-order valence-corrected chi connectivity index (χ4v) is 9.96. The third kappa shape index (κ3) is 39.1. The average molecular weight is 1020 g/mol. The second-order valence-corrected chi connectivity index (χ2v) is 21.6. The number of unbranched alkanes of at least 4 members (excludes halogenated alkanes) is 37. The molecule has 1 aliphatic heterocycles. The molecule has 0 spiro atoms. The summed E-state index contributed by atoms with van der Waals surface area (Å²) in [6.45, 7) is 3.43. The molecule has 13 heteroatoms. The van der Waals surface area contributed by atoms with E-state index >= 15 is 0 Å². The zero-order valence-corrected chi connectivity index (χ0v) is 45.7. The van der Waals surface area contributed by atoms with Crippen LogP contribution >= 0.6 is 0 Å². The molecule has 0 aliphatic carbocycles. The predicted octanol–water partition coefficient (Wildman–Crippen LogP) is 13.6. The maximum Gasteiger partial charge on any atom is 0.397 e. The van der Waals surface area contributed by atoms with Crippen molar-refractivity contribution in [1.29, 1.82) is 0 Å². The Morgan fingerprint density at radius 2 is 0.914 bits per heavy atom. The Bertz CT molecular complexity index is 1330. The van der Waals surface area contributed by atoms with Crippen LogP contribution in [0.4, 0.5) is 0 Å². The second kappa shape index (κ2) is 47.3. The Balaban J connectivity index is 2.38. The number of aliphatic hydroxyl groups is 4. The number of hydrogen-bond acceptors (Lipinski definition) is 10. The van der Waals surface area contributed by atoms with Gasteiger partial charge in [-0.25, -0.2) is 4.18 Å². The molecule has 1 saturated heterocycles. The molecule has 0 aromatic rings. The van der Waals surface area contributed by atoms with Gasteiger partial charge in [0, 0.05) is 6.42 Å². The lowest BCUT2D eigenvalue weighted by Crippen LogP contribution is -2.61. The van der Waals surface area contributed by atoms with Crippen LogP contribution in [0.25, 0.3) is 0 Å². The number of aliphatic hydroxyl groups excluding tert-OH is 4. The van der Waals surface area contributed by atoms with Crippen LogP contribution in [0.15, 0.2) is 24.3 Å². The molecule has 0 bridgehead atoms. The lowest BCUT2D eigenvalue weighted by molar-refractivity contribution is -0.298. The molecular weight excluding hydrogens is 907 g/mol. The molecule has 1 amide bonds. The smallest absolute Gasteiger partial charge is 0.394 e. The van der Waals surface area contributed by atoms with Crippen LogP contribution in [0.5, 0.6) is 0 Å². The van der Waals surface area contributed by atoms with Crippen molar-refractivity contribution in [3.63, 3.8) is 0 Å². The predicted molar refractivity (Wildman–Crippen MR) is 287 cm³/mol. The summed E-state index contributed by atoms with van der Waals surface area (Å²) in [7, 11) is -5.09. The van der Waals surface area contributed by atoms with Gasteiger partial charge in [-0.1, -0.05) is 250 Å². The minimum absolute atomic E-state index is 0.263. The number of rotatable bonds is 51. The molecule has 70 heavy (non-hydrogen) atoms. The molecule has 0 aromatic carbocycles. The van der Waals surface area contributed by atoms with E-state index in [1.807, 2.05) is 6.08 Å². The van der Waals surface area contributed by atoms with E-state index in [0.29, 0.717) is 6.42 Å². The molecule has 6 N–H and O–H groups in total. The summed E-state index contributed by atoms with van der Waals surface area (Å²) >= 11 is 0. The second-order valence-electron chi connectivity index (χ2n) is 20.6. The molecule has 7 atom stereocenters. The first-order chi connectivity index (χ1) is 34.0. The van der Waals surface area contributed by atoms with Crippen LogP contribution in [0.2, 0.25) is 0 Å². The molecule has 0 saturated carbocycles. The minimum Gasteiger partial charge on any atom is -0.394 e. The molecule has 0 radical (unpaired) electrons. The summed E-state index contributed by atoms with van der Waals surface area (Å²) in [4.78, 5) is 13.1. The number of ether oxygens (including phenoxy) is 2. The van der Waals surface area contributed by atoms with E-state index in [4.69, 9.17) is 9.47 Å². The van der Waals surface area contributed by atoms with E-state index < -0.39 is 59.9 Å². The van der Waals surface area contributed by atoms with Crippen LogP contribution in [-0.2, 0) is 28.9 Å². The van der Waals surface area contributed by atoms with Gasteiger partial charge in [-0.05, 0) is 44.9 Å². The van der Waals surface area contributed by atoms with Crippen molar-refractivity contribution in [3.05, 3.63) is 24.3 Å². The summed E-state index contributed by atoms with van der Waals surface area (Å²) in [6, 6.07) is -0.946. The molecule has 1 heterocycles. The lowest BCUT2D eigenvalue weighted by atomic mass is 9.99. The van der Waals surface area contributed by atoms with Gasteiger partial charge in [0.2, 0.25) is 5.91 Å². The Kier molecular flexibility index (Phi) is 45.0. The molecule has 12 nitrogen and oxygen atoms in total. The Hall–Kier alpha value is -1.42. The molecule has 1 aliphatic rings. The fourth-order valence-electron chi connectivity index (χ4n) is 9.45. The van der Waals surface area contributed by atoms with Gasteiger partial charge in [0.25, 0.3) is 0 Å². The van der Waals surface area contributed by atoms with Crippen molar-refractivity contribution in [2.45, 2.75) is 320 Å². The number of nitrogens with one attached hydrogen (secondary N) is 1. The first kappa shape index (κ1) is 66.6. The summed E-state index contributed by atoms with van der Waals surface area (Å²) in [5.74, 6) is -0.263. The molecule has 1 rings (SSSR count). The van der Waals surface area contributed by atoms with Crippen LogP contribution in [-0.4, -0.2) is 95.4 Å². The van der Waals surface area contributed by atoms with Crippen LogP contribution in [0.3, 0.4) is 0 Å². The summed E-state index contributed by atoms with van der Waals surface area (Å²) in [5, 5.41) is 45.0. The summed E-state index contributed by atoms with van der Waals surface area (Å²) < 4.78 is 47.9. The number of hydrogen-bond donors (Lipinski definition) is 6. The topological polar surface area (TPSA) is 192 Å². The van der Waals surface area contributed by atoms with Crippen LogP contribution in [0, 0.1) is 0 Å². The van der Waals surface area contributed by atoms with Gasteiger partial charge in [0.05, 0.1) is 25.4 Å². The molecule has 7 unspecified atom stereocenters. The van der Waals surface area contributed by atoms with Gasteiger partial charge < -0.3 is 35.2 Å². The first-order valence-electron chi connectivity index (χ1n) is 29.2. The molecular formula is C57H109NO11S. The van der Waals surface area contributed by atoms with Crippen molar-refractivity contribution >= 4 is 16.3 Å². The standard InChI is InChI=1S/C57H109NO11S/c1-3-5-7-9-11-13-15-17-19-21-23-25-26-27-29-31-33-35-37-39-41-43-45-47-53(61)58-50(49-67-57-55(63)56(69-70(64,65)66)54(62)52(48-59)68-57)51(60)46-44-42-40-38-36-34-32-30-28-24-22-20-18-16-14-12-10-8-6-4-2/h27,29,44,46,50-52,54-57,59-60,62-63H,3-26,28,30-43,45,47-49H2,1-2H3,(H,58,61)(H,64,65,66)/b29-27-,46-44+. The Labute approximate surface area is 429 Å². The quantitative estimate of drug-likeness (QED) is 0.0193. The highest BCUT2D eigenvalue weighted by atomic mass is 32.3. The molecule has 1 fully saturated rings. The Morgan fingerprint density at radius 3 is 1.29 bits per heavy atom. The maximum absolute atomic E-state index is 13.1. The highest BCUT2D eigenvalue weighted by Crippen LogP contribution is 2.26. The third-order valence-corrected chi connectivity index (χ3v) is 14.4. The first-order valence-corrected chi connectivity index (χ1v) is 30.6. The largest absolute Gasteiger partial charge is 0.397 e. The van der Waals surface area contributed by atoms with Crippen molar-refractivity contribution in [1.82, 2.24) is 5.32 Å². The van der Waals surface area contributed by atoms with E-state index in [2.05, 4.69) is 35.5 Å². The van der Waals surface area contributed by atoms with E-state index in [1.165, 1.54) is 205 Å². The highest BCUT2D eigenvalue weighted by molar-refractivity contribution is 7.80. The van der Waals surface area contributed by atoms with Crippen molar-refractivity contribution in [3.8, 4) is 0 Å². The van der Waals surface area contributed by atoms with Gasteiger partial charge in [-0.2, -0.15) is 8.42 Å². The van der Waals surface area contributed by atoms with E-state index in [0.717, 1.165) is 44.9 Å². The lowest BCUT2D eigenvalue weighted by Gasteiger charge is -2.41. The average Bonchev–Trinajstić information content (AvgIpc) is 3.33. The monoisotopic (exact) mass is 1020 g/mol. The fraction of sp³-hybridized carbons (Fsp3) is 0.912. The Morgan fingerprint density at radius 1 is 0.557 bits per heavy atom. The van der Waals surface area contributed by atoms with E-state index in [1.54, 1.807) is 6.08 Å². The minimum atomic E-state index is -5.09. The van der Waals surface area contributed by atoms with Gasteiger partial charge in [-0.15, -0.1) is 0 Å². The van der Waals surface area contributed by atoms with Gasteiger partial charge >= 0.3 is 10.4 Å². The number of carbonyl (C=O) groups excluding carboxylic acids is 1. The zero-order valence-electron chi connectivity index (χ0n) is 44.9. The number of carbonyl (C=O) groups is 1. The summed E-state index contributed by atoms with van der Waals surface area (Å²) in [6.07, 6.45) is 49.3. The number of allylic oxidation sites excluding steroid dienone is 3. The van der Waals surface area contributed by atoms with Crippen LogP contribution in [0.1, 0.15) is 277 Å². The van der Waals surface area contributed by atoms with E-state index in [9.17, 15) is 38.2 Å². The number of amides is 1. The van der Waals surface area contributed by atoms with E-state index in [-0.39, 0.29) is 18.9 Å². The summed E-state index contributed by atoms with van der Waals surface area (Å²) in [5.41, 5.74) is 0. The highest BCUT2D eigenvalue weighted by Gasteiger charge is 2.48. The van der Waals surface area contributed by atoms with Gasteiger partial charge in [0.1, 0.15) is 24.4 Å². The third-order valence-electron chi connectivity index (χ3n) is 14.0. The SMILES string of the molecule is CCCCCCCCCCCCCC/C=C\CCCCCCCCCC(=O)NC(COC1OC(CO)C(O)C(OS(=O)(=O)O)C1O)C(O)/C=C/CCCCCCCCCCCCCCCCCCCC. The maximum atomic E-state index is 13.1. The van der Waals surface area contributed by atoms with Crippen molar-refractivity contribution in [2.75, 3.05) is 13.2 Å². The van der Waals surface area contributed by atoms with Crippen molar-refractivity contribution < 1.29 is 51.8 Å². The van der Waals surface area contributed by atoms with Gasteiger partial charge in [0.15, 0.2) is 6.29 Å².